The van der Waals surface area contributed by atoms with Crippen LogP contribution in [0.1, 0.15) is 5.69 Å². The van der Waals surface area contributed by atoms with Gasteiger partial charge in [-0.25, -0.2) is 9.97 Å². The average molecular weight is 198 g/mol. The number of nitrogens with zero attached hydrogens (tertiary/aromatic N) is 4. The Hall–Kier alpha value is -2.48. The zero-order chi connectivity index (χ0) is 10.5. The fraction of sp³-hybridized carbons (Fsp3) is 0. The number of rotatable bonds is 2. The molecule has 0 radical (unpaired) electrons. The van der Waals surface area contributed by atoms with E-state index in [1.54, 1.807) is 24.5 Å². The van der Waals surface area contributed by atoms with Crippen LogP contribution in [-0.2, 0) is 0 Å². The molecule has 0 aliphatic heterocycles. The molecule has 5 nitrogen and oxygen atoms in total. The van der Waals surface area contributed by atoms with E-state index in [9.17, 15) is 0 Å². The number of hydrogen-bond donors (Lipinski definition) is 0. The lowest BCUT2D eigenvalue weighted by molar-refractivity contribution is 0.458. The molecule has 0 fully saturated rings. The molecule has 0 unspecified atom stereocenters. The fourth-order valence-corrected chi connectivity index (χ4v) is 0.955. The third-order valence-corrected chi connectivity index (χ3v) is 1.60. The summed E-state index contributed by atoms with van der Waals surface area (Å²) in [5.41, 5.74) is 0.258. The largest absolute Gasteiger partial charge is 0.436 e. The molecule has 0 saturated heterocycles. The molecular weight excluding hydrogens is 192 g/mol. The summed E-state index contributed by atoms with van der Waals surface area (Å²) >= 11 is 0. The van der Waals surface area contributed by atoms with Crippen LogP contribution in [0.3, 0.4) is 0 Å². The molecule has 0 aromatic carbocycles. The maximum atomic E-state index is 8.51. The van der Waals surface area contributed by atoms with Crippen LogP contribution in [-0.4, -0.2) is 15.0 Å². The van der Waals surface area contributed by atoms with Crippen LogP contribution in [0.15, 0.2) is 36.9 Å². The highest BCUT2D eigenvalue weighted by Gasteiger charge is 1.99. The number of nitriles is 1. The molecule has 0 bridgehead atoms. The average Bonchev–Trinajstić information content (AvgIpc) is 2.31. The minimum Gasteiger partial charge on any atom is -0.436 e. The van der Waals surface area contributed by atoms with E-state index in [4.69, 9.17) is 10.00 Å². The quantitative estimate of drug-likeness (QED) is 0.731. The molecule has 0 saturated carbocycles. The van der Waals surface area contributed by atoms with Gasteiger partial charge in [0.05, 0.1) is 18.6 Å². The van der Waals surface area contributed by atoms with Crippen molar-refractivity contribution >= 4 is 0 Å². The minimum atomic E-state index is 0.258. The number of ether oxygens (including phenoxy) is 1. The summed E-state index contributed by atoms with van der Waals surface area (Å²) in [7, 11) is 0. The summed E-state index contributed by atoms with van der Waals surface area (Å²) in [6, 6.07) is 5.39. The van der Waals surface area contributed by atoms with Crippen LogP contribution in [0, 0.1) is 11.3 Å². The summed E-state index contributed by atoms with van der Waals surface area (Å²) in [6.45, 7) is 0. The number of aromatic nitrogens is 3. The highest BCUT2D eigenvalue weighted by molar-refractivity contribution is 5.24. The van der Waals surface area contributed by atoms with Crippen LogP contribution >= 0.6 is 0 Å². The minimum absolute atomic E-state index is 0.258. The van der Waals surface area contributed by atoms with Crippen LogP contribution in [0.25, 0.3) is 0 Å². The highest BCUT2D eigenvalue weighted by atomic mass is 16.5. The normalized spacial score (nSPS) is 9.27. The maximum Gasteiger partial charge on any atom is 0.237 e. The van der Waals surface area contributed by atoms with Crippen LogP contribution in [0.4, 0.5) is 0 Å². The van der Waals surface area contributed by atoms with Crippen molar-refractivity contribution in [1.82, 2.24) is 15.0 Å². The Morgan fingerprint density at radius 3 is 2.73 bits per heavy atom. The van der Waals surface area contributed by atoms with Gasteiger partial charge in [0.15, 0.2) is 5.69 Å². The van der Waals surface area contributed by atoms with Crippen LogP contribution < -0.4 is 4.74 Å². The number of hydrogen-bond acceptors (Lipinski definition) is 5. The van der Waals surface area contributed by atoms with Crippen molar-refractivity contribution < 1.29 is 4.74 Å². The molecule has 0 aliphatic rings. The fourth-order valence-electron chi connectivity index (χ4n) is 0.955. The molecule has 0 atom stereocenters. The van der Waals surface area contributed by atoms with Crippen molar-refractivity contribution in [2.45, 2.75) is 0 Å². The van der Waals surface area contributed by atoms with Crippen molar-refractivity contribution in [2.75, 3.05) is 0 Å². The highest BCUT2D eigenvalue weighted by Crippen LogP contribution is 2.15. The first-order valence-electron chi connectivity index (χ1n) is 4.18. The Morgan fingerprint density at radius 2 is 2.13 bits per heavy atom. The lowest BCUT2D eigenvalue weighted by Gasteiger charge is -2.01. The molecule has 2 heterocycles. The molecule has 0 N–H and O–H groups in total. The second-order valence-corrected chi connectivity index (χ2v) is 2.64. The lowest BCUT2D eigenvalue weighted by Crippen LogP contribution is -1.91. The molecule has 0 aliphatic carbocycles. The predicted molar refractivity (Wildman–Crippen MR) is 51.1 cm³/mol. The molecule has 72 valence electrons. The molecular formula is C10H6N4O. The topological polar surface area (TPSA) is 71.7 Å². The van der Waals surface area contributed by atoms with Crippen LogP contribution in [0.2, 0.25) is 0 Å². The molecule has 2 rings (SSSR count). The van der Waals surface area contributed by atoms with Gasteiger partial charge < -0.3 is 4.74 Å². The van der Waals surface area contributed by atoms with Gasteiger partial charge in [-0.15, -0.1) is 0 Å². The third-order valence-electron chi connectivity index (χ3n) is 1.60. The van der Waals surface area contributed by atoms with E-state index >= 15 is 0 Å². The van der Waals surface area contributed by atoms with Crippen molar-refractivity contribution in [3.8, 4) is 17.7 Å². The van der Waals surface area contributed by atoms with Gasteiger partial charge >= 0.3 is 0 Å². The van der Waals surface area contributed by atoms with Crippen molar-refractivity contribution in [3.05, 3.63) is 42.6 Å². The van der Waals surface area contributed by atoms with Gasteiger partial charge in [-0.2, -0.15) is 5.26 Å². The van der Waals surface area contributed by atoms with Crippen LogP contribution in [0.5, 0.6) is 11.6 Å². The Balaban J connectivity index is 2.16. The first-order chi connectivity index (χ1) is 7.38. The van der Waals surface area contributed by atoms with E-state index in [-0.39, 0.29) is 5.69 Å². The molecule has 0 amide bonds. The van der Waals surface area contributed by atoms with Gasteiger partial charge in [-0.1, -0.05) is 0 Å². The molecule has 2 aromatic heterocycles. The summed E-state index contributed by atoms with van der Waals surface area (Å²) in [5, 5.41) is 8.51. The zero-order valence-electron chi connectivity index (χ0n) is 7.66. The van der Waals surface area contributed by atoms with Gasteiger partial charge in [-0.3, -0.25) is 4.98 Å². The molecule has 15 heavy (non-hydrogen) atoms. The van der Waals surface area contributed by atoms with Gasteiger partial charge in [-0.05, 0) is 12.1 Å². The predicted octanol–water partition coefficient (Wildman–Crippen LogP) is 1.54. The van der Waals surface area contributed by atoms with Gasteiger partial charge in [0.1, 0.15) is 11.8 Å². The molecule has 2 aromatic rings. The second-order valence-electron chi connectivity index (χ2n) is 2.64. The van der Waals surface area contributed by atoms with E-state index in [0.717, 1.165) is 0 Å². The van der Waals surface area contributed by atoms with Crippen molar-refractivity contribution in [2.24, 2.45) is 0 Å². The lowest BCUT2D eigenvalue weighted by atomic mass is 10.5. The van der Waals surface area contributed by atoms with Crippen molar-refractivity contribution in [1.29, 1.82) is 5.26 Å². The third kappa shape index (κ3) is 2.25. The summed E-state index contributed by atoms with van der Waals surface area (Å²) < 4.78 is 5.33. The van der Waals surface area contributed by atoms with E-state index in [1.165, 1.54) is 12.4 Å². The SMILES string of the molecule is N#Cc1cnc(Oc2cccnc2)cn1. The van der Waals surface area contributed by atoms with Gasteiger partial charge in [0, 0.05) is 6.20 Å². The summed E-state index contributed by atoms with van der Waals surface area (Å²) in [5.74, 6) is 0.915. The zero-order valence-corrected chi connectivity index (χ0v) is 7.66. The monoisotopic (exact) mass is 198 g/mol. The molecule has 5 heteroatoms. The molecule has 0 spiro atoms. The Morgan fingerprint density at radius 1 is 1.20 bits per heavy atom. The number of pyridine rings is 1. The summed E-state index contributed by atoms with van der Waals surface area (Å²) in [6.07, 6.45) is 5.97. The second kappa shape index (κ2) is 4.15. The van der Waals surface area contributed by atoms with Gasteiger partial charge in [0.2, 0.25) is 5.88 Å². The smallest absolute Gasteiger partial charge is 0.237 e. The van der Waals surface area contributed by atoms with E-state index < -0.39 is 0 Å². The first-order valence-corrected chi connectivity index (χ1v) is 4.18. The Kier molecular flexibility index (Phi) is 2.52. The first kappa shape index (κ1) is 9.09. The van der Waals surface area contributed by atoms with E-state index in [0.29, 0.717) is 11.6 Å². The summed E-state index contributed by atoms with van der Waals surface area (Å²) in [4.78, 5) is 11.6. The standard InChI is InChI=1S/C10H6N4O/c11-4-8-5-14-10(7-13-8)15-9-2-1-3-12-6-9/h1-3,5-7H. The van der Waals surface area contributed by atoms with Crippen molar-refractivity contribution in [3.63, 3.8) is 0 Å². The Bertz CT molecular complexity index is 475. The van der Waals surface area contributed by atoms with E-state index in [2.05, 4.69) is 15.0 Å². The Labute approximate surface area is 86.0 Å². The van der Waals surface area contributed by atoms with E-state index in [1.807, 2.05) is 6.07 Å². The van der Waals surface area contributed by atoms with Gasteiger partial charge in [0.25, 0.3) is 0 Å². The maximum absolute atomic E-state index is 8.51.